The lowest BCUT2D eigenvalue weighted by molar-refractivity contribution is 0.0772. The molecule has 0 spiro atoms. The summed E-state index contributed by atoms with van der Waals surface area (Å²) in [5, 5.41) is 5.81. The van der Waals surface area contributed by atoms with Crippen LogP contribution in [0.4, 0.5) is 10.5 Å². The van der Waals surface area contributed by atoms with Gasteiger partial charge in [0, 0.05) is 30.9 Å². The van der Waals surface area contributed by atoms with Crippen molar-refractivity contribution in [1.29, 1.82) is 0 Å². The topological polar surface area (TPSA) is 79.9 Å². The molecule has 1 saturated carbocycles. The van der Waals surface area contributed by atoms with Crippen molar-refractivity contribution >= 4 is 17.6 Å². The van der Waals surface area contributed by atoms with E-state index in [0.717, 1.165) is 30.8 Å². The second-order valence-corrected chi connectivity index (χ2v) is 9.03. The number of rotatable bonds is 5. The van der Waals surface area contributed by atoms with Gasteiger partial charge in [0.2, 0.25) is 0 Å². The minimum absolute atomic E-state index is 0.0262. The standard InChI is InChI=1S/C25H29N3O4/c1-15-3-4-17(11-22(15)27-25(30)26-18-9-10-32-14-18)24(29)28-12-20-21(13-28)23(20)16-5-7-19(31-2)8-6-16/h3-8,11,18,20-21,23H,9-10,12-14H2,1-2H3,(H2,26,27,30)/t18?,20-,21?,23?/m0/s1. The third kappa shape index (κ3) is 4.05. The van der Waals surface area contributed by atoms with Gasteiger partial charge in [-0.2, -0.15) is 0 Å². The summed E-state index contributed by atoms with van der Waals surface area (Å²) in [5.41, 5.74) is 3.52. The molecule has 3 aliphatic rings. The molecule has 0 bridgehead atoms. The van der Waals surface area contributed by atoms with Crippen LogP contribution in [0.25, 0.3) is 0 Å². The van der Waals surface area contributed by atoms with E-state index in [0.29, 0.717) is 42.2 Å². The first kappa shape index (κ1) is 20.8. The second kappa shape index (κ2) is 8.47. The van der Waals surface area contributed by atoms with E-state index in [2.05, 4.69) is 22.8 Å². The Hall–Kier alpha value is -3.06. The summed E-state index contributed by atoms with van der Waals surface area (Å²) in [6.07, 6.45) is 0.819. The van der Waals surface area contributed by atoms with Gasteiger partial charge in [-0.1, -0.05) is 18.2 Å². The monoisotopic (exact) mass is 435 g/mol. The van der Waals surface area contributed by atoms with Crippen LogP contribution in [0.1, 0.15) is 33.8 Å². The van der Waals surface area contributed by atoms with E-state index < -0.39 is 0 Å². The number of fused-ring (bicyclic) bond motifs is 1. The van der Waals surface area contributed by atoms with Crippen molar-refractivity contribution in [2.75, 3.05) is 38.7 Å². The predicted octanol–water partition coefficient (Wildman–Crippen LogP) is 3.40. The Kier molecular flexibility index (Phi) is 5.51. The fraction of sp³-hybridized carbons (Fsp3) is 0.440. The van der Waals surface area contributed by atoms with Gasteiger partial charge in [0.05, 0.1) is 19.8 Å². The van der Waals surface area contributed by atoms with Crippen LogP contribution in [0.3, 0.4) is 0 Å². The molecular formula is C25H29N3O4. The number of likely N-dealkylation sites (tertiary alicyclic amines) is 1. The third-order valence-corrected chi connectivity index (χ3v) is 6.98. The summed E-state index contributed by atoms with van der Waals surface area (Å²) in [4.78, 5) is 27.4. The first-order valence-corrected chi connectivity index (χ1v) is 11.2. The van der Waals surface area contributed by atoms with Gasteiger partial charge in [-0.15, -0.1) is 0 Å². The summed E-state index contributed by atoms with van der Waals surface area (Å²) in [6.45, 7) is 4.69. The van der Waals surface area contributed by atoms with Crippen LogP contribution in [0.2, 0.25) is 0 Å². The number of nitrogens with zero attached hydrogens (tertiary/aromatic N) is 1. The zero-order chi connectivity index (χ0) is 22.2. The van der Waals surface area contributed by atoms with Gasteiger partial charge >= 0.3 is 6.03 Å². The summed E-state index contributed by atoms with van der Waals surface area (Å²) in [7, 11) is 1.67. The maximum Gasteiger partial charge on any atom is 0.319 e. The fourth-order valence-corrected chi connectivity index (χ4v) is 5.08. The number of nitrogens with one attached hydrogen (secondary N) is 2. The number of benzene rings is 2. The normalized spacial score (nSPS) is 25.9. The highest BCUT2D eigenvalue weighted by Crippen LogP contribution is 2.58. The summed E-state index contributed by atoms with van der Waals surface area (Å²) < 4.78 is 10.5. The summed E-state index contributed by atoms with van der Waals surface area (Å²) in [5.74, 6) is 2.47. The molecule has 1 aliphatic carbocycles. The van der Waals surface area contributed by atoms with E-state index in [1.54, 1.807) is 13.2 Å². The van der Waals surface area contributed by atoms with Crippen LogP contribution in [0, 0.1) is 18.8 Å². The molecule has 7 nitrogen and oxygen atoms in total. The molecule has 3 fully saturated rings. The van der Waals surface area contributed by atoms with Crippen LogP contribution in [0.15, 0.2) is 42.5 Å². The summed E-state index contributed by atoms with van der Waals surface area (Å²) >= 11 is 0. The number of ether oxygens (including phenoxy) is 2. The quantitative estimate of drug-likeness (QED) is 0.755. The smallest absolute Gasteiger partial charge is 0.319 e. The van der Waals surface area contributed by atoms with Gasteiger partial charge in [-0.05, 0) is 66.5 Å². The zero-order valence-corrected chi connectivity index (χ0v) is 18.5. The number of aryl methyl sites for hydroxylation is 1. The molecule has 2 heterocycles. The third-order valence-electron chi connectivity index (χ3n) is 6.98. The average molecular weight is 436 g/mol. The molecule has 3 amide bonds. The Bertz CT molecular complexity index is 1000. The number of amides is 3. The summed E-state index contributed by atoms with van der Waals surface area (Å²) in [6, 6.07) is 13.6. The van der Waals surface area contributed by atoms with Crippen molar-refractivity contribution in [2.45, 2.75) is 25.3 Å². The zero-order valence-electron chi connectivity index (χ0n) is 18.5. The van der Waals surface area contributed by atoms with Crippen LogP contribution in [-0.4, -0.2) is 56.3 Å². The number of methoxy groups -OCH3 is 1. The van der Waals surface area contributed by atoms with Gasteiger partial charge in [-0.25, -0.2) is 4.79 Å². The Morgan fingerprint density at radius 3 is 2.50 bits per heavy atom. The number of urea groups is 1. The van der Waals surface area contributed by atoms with E-state index in [9.17, 15) is 9.59 Å². The van der Waals surface area contributed by atoms with E-state index in [1.165, 1.54) is 5.56 Å². The van der Waals surface area contributed by atoms with Crippen molar-refractivity contribution in [1.82, 2.24) is 10.2 Å². The lowest BCUT2D eigenvalue weighted by Crippen LogP contribution is -2.38. The minimum atomic E-state index is -0.266. The van der Waals surface area contributed by atoms with E-state index in [4.69, 9.17) is 9.47 Å². The molecular weight excluding hydrogens is 406 g/mol. The molecule has 2 N–H and O–H groups in total. The first-order valence-electron chi connectivity index (χ1n) is 11.2. The second-order valence-electron chi connectivity index (χ2n) is 9.03. The largest absolute Gasteiger partial charge is 0.497 e. The molecule has 3 unspecified atom stereocenters. The number of carbonyl (C=O) groups is 2. The van der Waals surface area contributed by atoms with Gasteiger partial charge in [-0.3, -0.25) is 4.79 Å². The Labute approximate surface area is 188 Å². The fourth-order valence-electron chi connectivity index (χ4n) is 5.08. The van der Waals surface area contributed by atoms with E-state index >= 15 is 0 Å². The Morgan fingerprint density at radius 1 is 1.09 bits per heavy atom. The molecule has 4 atom stereocenters. The predicted molar refractivity (Wildman–Crippen MR) is 121 cm³/mol. The SMILES string of the molecule is COc1ccc(C2C3CN(C(=O)c4ccc(C)c(NC(=O)NC5CCOC5)c4)C[C@@H]32)cc1. The molecule has 2 saturated heterocycles. The molecule has 168 valence electrons. The highest BCUT2D eigenvalue weighted by Gasteiger charge is 2.57. The molecule has 5 rings (SSSR count). The number of hydrogen-bond acceptors (Lipinski definition) is 4. The van der Waals surface area contributed by atoms with E-state index in [-0.39, 0.29) is 18.0 Å². The van der Waals surface area contributed by atoms with Gasteiger partial charge in [0.15, 0.2) is 0 Å². The molecule has 2 aromatic carbocycles. The molecule has 7 heteroatoms. The van der Waals surface area contributed by atoms with Gasteiger partial charge < -0.3 is 25.0 Å². The number of carbonyl (C=O) groups excluding carboxylic acids is 2. The van der Waals surface area contributed by atoms with Crippen molar-refractivity contribution < 1.29 is 19.1 Å². The Balaban J connectivity index is 1.20. The molecule has 0 radical (unpaired) electrons. The van der Waals surface area contributed by atoms with Crippen LogP contribution in [0.5, 0.6) is 5.75 Å². The van der Waals surface area contributed by atoms with Crippen LogP contribution < -0.4 is 15.4 Å². The van der Waals surface area contributed by atoms with Crippen molar-refractivity contribution in [3.8, 4) is 5.75 Å². The lowest BCUT2D eigenvalue weighted by atomic mass is 10.1. The van der Waals surface area contributed by atoms with Crippen LogP contribution >= 0.6 is 0 Å². The first-order chi connectivity index (χ1) is 15.5. The number of anilines is 1. The van der Waals surface area contributed by atoms with Crippen LogP contribution in [-0.2, 0) is 4.74 Å². The van der Waals surface area contributed by atoms with Crippen molar-refractivity contribution in [3.63, 3.8) is 0 Å². The van der Waals surface area contributed by atoms with Gasteiger partial charge in [0.25, 0.3) is 5.91 Å². The number of piperidine rings is 1. The molecule has 0 aromatic heterocycles. The van der Waals surface area contributed by atoms with Gasteiger partial charge in [0.1, 0.15) is 5.75 Å². The Morgan fingerprint density at radius 2 is 1.84 bits per heavy atom. The van der Waals surface area contributed by atoms with Crippen molar-refractivity contribution in [3.05, 3.63) is 59.2 Å². The molecule has 32 heavy (non-hydrogen) atoms. The minimum Gasteiger partial charge on any atom is -0.497 e. The van der Waals surface area contributed by atoms with E-state index in [1.807, 2.05) is 36.1 Å². The maximum atomic E-state index is 13.1. The maximum absolute atomic E-state index is 13.1. The highest BCUT2D eigenvalue weighted by atomic mass is 16.5. The van der Waals surface area contributed by atoms with Crippen molar-refractivity contribution in [2.24, 2.45) is 11.8 Å². The number of hydrogen-bond donors (Lipinski definition) is 2. The highest BCUT2D eigenvalue weighted by molar-refractivity contribution is 5.97. The average Bonchev–Trinajstić information content (AvgIpc) is 3.14. The molecule has 2 aliphatic heterocycles. The molecule has 2 aromatic rings. The lowest BCUT2D eigenvalue weighted by Gasteiger charge is -2.21.